The highest BCUT2D eigenvalue weighted by Gasteiger charge is 2.37. The highest BCUT2D eigenvalue weighted by Crippen LogP contribution is 2.37. The first-order chi connectivity index (χ1) is 12.3. The Hall–Kier alpha value is -1.43. The highest BCUT2D eigenvalue weighted by molar-refractivity contribution is 7.13. The van der Waals surface area contributed by atoms with Crippen LogP contribution in [0, 0.1) is 5.92 Å². The summed E-state index contributed by atoms with van der Waals surface area (Å²) in [7, 11) is 0. The molecule has 0 amide bonds. The Morgan fingerprint density at radius 3 is 2.76 bits per heavy atom. The Labute approximate surface area is 152 Å². The van der Waals surface area contributed by atoms with Crippen molar-refractivity contribution in [3.05, 3.63) is 45.7 Å². The Morgan fingerprint density at radius 2 is 1.96 bits per heavy atom. The van der Waals surface area contributed by atoms with Gasteiger partial charge in [-0.15, -0.1) is 11.3 Å². The quantitative estimate of drug-likeness (QED) is 0.829. The first kappa shape index (κ1) is 15.8. The number of hydrogen-bond acceptors (Lipinski definition) is 4. The summed E-state index contributed by atoms with van der Waals surface area (Å²) < 4.78 is 7.61. The number of thiophene rings is 1. The van der Waals surface area contributed by atoms with E-state index in [0.717, 1.165) is 56.1 Å². The Morgan fingerprint density at radius 1 is 1.08 bits per heavy atom. The molecule has 5 heteroatoms. The summed E-state index contributed by atoms with van der Waals surface area (Å²) in [5.74, 6) is 1.10. The van der Waals surface area contributed by atoms with Gasteiger partial charge in [0.05, 0.1) is 5.56 Å². The lowest BCUT2D eigenvalue weighted by atomic mass is 9.82. The molecule has 0 N–H and O–H groups in total. The lowest BCUT2D eigenvalue weighted by Crippen LogP contribution is -2.51. The summed E-state index contributed by atoms with van der Waals surface area (Å²) in [5, 5.41) is 2.04. The van der Waals surface area contributed by atoms with Crippen molar-refractivity contribution in [3.63, 3.8) is 0 Å². The molecule has 2 atom stereocenters. The molecule has 0 radical (unpaired) electrons. The average Bonchev–Trinajstić information content (AvgIpc) is 3.18. The van der Waals surface area contributed by atoms with Crippen molar-refractivity contribution in [1.29, 1.82) is 0 Å². The van der Waals surface area contributed by atoms with Gasteiger partial charge in [-0.1, -0.05) is 6.07 Å². The van der Waals surface area contributed by atoms with Crippen LogP contribution in [0.2, 0.25) is 0 Å². The molecule has 0 aromatic carbocycles. The van der Waals surface area contributed by atoms with Crippen LogP contribution in [0.15, 0.2) is 34.4 Å². The number of aromatic nitrogens is 1. The van der Waals surface area contributed by atoms with Crippen LogP contribution in [0.5, 0.6) is 0 Å². The molecule has 2 aromatic heterocycles. The number of nitrogens with zero attached hydrogens (tertiary/aromatic N) is 2. The van der Waals surface area contributed by atoms with Gasteiger partial charge in [0.2, 0.25) is 0 Å². The summed E-state index contributed by atoms with van der Waals surface area (Å²) >= 11 is 1.65. The number of likely N-dealkylation sites (tertiary alicyclic amines) is 1. The van der Waals surface area contributed by atoms with Crippen LogP contribution in [-0.4, -0.2) is 41.8 Å². The largest absolute Gasteiger partial charge is 0.381 e. The second kappa shape index (κ2) is 6.38. The van der Waals surface area contributed by atoms with Gasteiger partial charge in [0.25, 0.3) is 5.56 Å². The second-order valence-corrected chi connectivity index (χ2v) is 8.61. The predicted molar refractivity (Wildman–Crippen MR) is 100 cm³/mol. The molecule has 2 bridgehead atoms. The maximum absolute atomic E-state index is 13.1. The number of rotatable bonds is 2. The van der Waals surface area contributed by atoms with Crippen molar-refractivity contribution in [1.82, 2.24) is 9.47 Å². The van der Waals surface area contributed by atoms with Crippen LogP contribution in [0.3, 0.4) is 0 Å². The van der Waals surface area contributed by atoms with E-state index in [1.54, 1.807) is 11.3 Å². The molecular formula is C20H24N2O2S. The molecule has 0 unspecified atom stereocenters. The van der Waals surface area contributed by atoms with Crippen molar-refractivity contribution in [2.45, 2.75) is 37.8 Å². The number of pyridine rings is 1. The summed E-state index contributed by atoms with van der Waals surface area (Å²) in [5.41, 5.74) is 2.31. The Kier molecular flexibility index (Phi) is 4.03. The molecule has 5 heterocycles. The summed E-state index contributed by atoms with van der Waals surface area (Å²) in [6.07, 6.45) is 3.55. The molecule has 3 aliphatic rings. The van der Waals surface area contributed by atoms with Gasteiger partial charge in [0.1, 0.15) is 0 Å². The summed E-state index contributed by atoms with van der Waals surface area (Å²) in [6, 6.07) is 9.00. The van der Waals surface area contributed by atoms with Crippen LogP contribution in [0.25, 0.3) is 10.4 Å². The van der Waals surface area contributed by atoms with E-state index in [2.05, 4.69) is 15.5 Å². The first-order valence-electron chi connectivity index (χ1n) is 9.39. The van der Waals surface area contributed by atoms with Crippen molar-refractivity contribution in [2.75, 3.05) is 26.3 Å². The summed E-state index contributed by atoms with van der Waals surface area (Å²) in [4.78, 5) is 16.8. The van der Waals surface area contributed by atoms with E-state index in [0.29, 0.717) is 17.9 Å². The van der Waals surface area contributed by atoms with Crippen molar-refractivity contribution in [2.24, 2.45) is 5.92 Å². The van der Waals surface area contributed by atoms with E-state index in [9.17, 15) is 4.79 Å². The minimum atomic E-state index is 0.203. The van der Waals surface area contributed by atoms with Gasteiger partial charge in [-0.25, -0.2) is 0 Å². The van der Waals surface area contributed by atoms with Gasteiger partial charge in [-0.2, -0.15) is 0 Å². The molecule has 25 heavy (non-hydrogen) atoms. The molecule has 2 saturated heterocycles. The topological polar surface area (TPSA) is 34.5 Å². The van der Waals surface area contributed by atoms with Crippen LogP contribution >= 0.6 is 11.3 Å². The molecule has 5 rings (SSSR count). The molecule has 2 aromatic rings. The van der Waals surface area contributed by atoms with E-state index in [1.807, 2.05) is 23.6 Å². The second-order valence-electron chi connectivity index (χ2n) is 7.66. The number of fused-ring (bicyclic) bond motifs is 4. The number of ether oxygens (including phenoxy) is 1. The van der Waals surface area contributed by atoms with Crippen molar-refractivity contribution in [3.8, 4) is 10.4 Å². The highest BCUT2D eigenvalue weighted by atomic mass is 32.1. The van der Waals surface area contributed by atoms with Gasteiger partial charge in [-0.3, -0.25) is 9.69 Å². The molecule has 2 fully saturated rings. The molecule has 4 nitrogen and oxygen atoms in total. The zero-order chi connectivity index (χ0) is 16.8. The molecule has 0 aliphatic carbocycles. The molecule has 3 aliphatic heterocycles. The van der Waals surface area contributed by atoms with Crippen LogP contribution in [-0.2, 0) is 11.3 Å². The van der Waals surface area contributed by atoms with Gasteiger partial charge in [0.15, 0.2) is 0 Å². The van der Waals surface area contributed by atoms with Crippen LogP contribution in [0.1, 0.15) is 30.9 Å². The smallest absolute Gasteiger partial charge is 0.259 e. The lowest BCUT2D eigenvalue weighted by molar-refractivity contribution is 0.00589. The Balaban J connectivity index is 1.46. The minimum Gasteiger partial charge on any atom is -0.381 e. The summed E-state index contributed by atoms with van der Waals surface area (Å²) in [6.45, 7) is 4.91. The predicted octanol–water partition coefficient (Wildman–Crippen LogP) is 3.17. The van der Waals surface area contributed by atoms with Gasteiger partial charge >= 0.3 is 0 Å². The Bertz CT molecular complexity index is 808. The van der Waals surface area contributed by atoms with E-state index in [4.69, 9.17) is 4.74 Å². The minimum absolute atomic E-state index is 0.203. The third-order valence-corrected chi connectivity index (χ3v) is 7.03. The van der Waals surface area contributed by atoms with Crippen molar-refractivity contribution < 1.29 is 4.74 Å². The fraction of sp³-hybridized carbons (Fsp3) is 0.550. The fourth-order valence-corrected chi connectivity index (χ4v) is 5.69. The maximum atomic E-state index is 13.1. The average molecular weight is 356 g/mol. The van der Waals surface area contributed by atoms with E-state index in [-0.39, 0.29) is 5.56 Å². The molecule has 0 spiro atoms. The zero-order valence-corrected chi connectivity index (χ0v) is 15.2. The number of hydrogen-bond donors (Lipinski definition) is 0. The van der Waals surface area contributed by atoms with Gasteiger partial charge in [0, 0.05) is 55.4 Å². The SMILES string of the molecule is O=c1c(-c2cccs2)ccc2n1C[C@@H]1C[C@@H]2CN(C2CCOCC2)C1. The van der Waals surface area contributed by atoms with Crippen LogP contribution < -0.4 is 5.56 Å². The van der Waals surface area contributed by atoms with Crippen LogP contribution in [0.4, 0.5) is 0 Å². The maximum Gasteiger partial charge on any atom is 0.259 e. The third kappa shape index (κ3) is 2.78. The zero-order valence-electron chi connectivity index (χ0n) is 14.4. The van der Waals surface area contributed by atoms with Gasteiger partial charge < -0.3 is 9.30 Å². The lowest BCUT2D eigenvalue weighted by Gasteiger charge is -2.46. The fourth-order valence-electron chi connectivity index (χ4n) is 4.95. The third-order valence-electron chi connectivity index (χ3n) is 6.13. The monoisotopic (exact) mass is 356 g/mol. The first-order valence-corrected chi connectivity index (χ1v) is 10.3. The van der Waals surface area contributed by atoms with E-state index >= 15 is 0 Å². The van der Waals surface area contributed by atoms with E-state index < -0.39 is 0 Å². The number of piperidine rings is 1. The molecule has 132 valence electrons. The van der Waals surface area contributed by atoms with Gasteiger partial charge in [-0.05, 0) is 48.8 Å². The molecular weight excluding hydrogens is 332 g/mol. The van der Waals surface area contributed by atoms with Crippen molar-refractivity contribution >= 4 is 11.3 Å². The van der Waals surface area contributed by atoms with E-state index in [1.165, 1.54) is 12.1 Å². The normalized spacial score (nSPS) is 27.2. The standard InChI is InChI=1S/C20H24N2O2S/c23-20-17(19-2-1-9-25-19)3-4-18-15-10-14(12-22(18)20)11-21(13-15)16-5-7-24-8-6-16/h1-4,9,14-16H,5-8,10-13H2/t14-,15-/m1/s1. The molecule has 0 saturated carbocycles.